The van der Waals surface area contributed by atoms with Crippen LogP contribution in [0, 0.1) is 0 Å². The summed E-state index contributed by atoms with van der Waals surface area (Å²) in [6.45, 7) is 2.65. The molecule has 25 heavy (non-hydrogen) atoms. The fraction of sp³-hybridized carbons (Fsp3) is 0.941. The molecule has 2 amide bonds. The van der Waals surface area contributed by atoms with Crippen LogP contribution < -0.4 is 5.32 Å². The molecule has 1 aliphatic carbocycles. The minimum atomic E-state index is -3.20. The van der Waals surface area contributed by atoms with Gasteiger partial charge in [0.05, 0.1) is 12.4 Å². The minimum absolute atomic E-state index is 0.0243. The molecule has 3 rings (SSSR count). The fourth-order valence-electron chi connectivity index (χ4n) is 4.14. The van der Waals surface area contributed by atoms with E-state index >= 15 is 0 Å². The second-order valence-electron chi connectivity index (χ2n) is 7.57. The molecule has 2 saturated heterocycles. The number of amides is 2. The third kappa shape index (κ3) is 4.86. The van der Waals surface area contributed by atoms with Crippen LogP contribution >= 0.6 is 0 Å². The van der Waals surface area contributed by atoms with E-state index in [0.717, 1.165) is 58.0 Å². The first-order chi connectivity index (χ1) is 11.9. The van der Waals surface area contributed by atoms with Crippen LogP contribution in [0.4, 0.5) is 4.79 Å². The lowest BCUT2D eigenvalue weighted by molar-refractivity contribution is 0.109. The molecule has 0 radical (unpaired) electrons. The highest BCUT2D eigenvalue weighted by Crippen LogP contribution is 2.31. The van der Waals surface area contributed by atoms with E-state index < -0.39 is 10.0 Å². The highest BCUT2D eigenvalue weighted by Gasteiger charge is 2.37. The Morgan fingerprint density at radius 1 is 1.08 bits per heavy atom. The second kappa shape index (κ2) is 8.22. The molecule has 0 aromatic carbocycles. The van der Waals surface area contributed by atoms with E-state index in [1.807, 2.05) is 4.90 Å². The first-order valence-corrected chi connectivity index (χ1v) is 11.4. The summed E-state index contributed by atoms with van der Waals surface area (Å²) in [5, 5.41) is 2.97. The van der Waals surface area contributed by atoms with E-state index in [-0.39, 0.29) is 24.2 Å². The number of rotatable bonds is 5. The van der Waals surface area contributed by atoms with Gasteiger partial charge in [0.15, 0.2) is 0 Å². The molecule has 2 heterocycles. The van der Waals surface area contributed by atoms with Gasteiger partial charge in [-0.1, -0.05) is 6.42 Å². The third-order valence-electron chi connectivity index (χ3n) is 5.67. The van der Waals surface area contributed by atoms with Gasteiger partial charge in [0.2, 0.25) is 10.0 Å². The smallest absolute Gasteiger partial charge is 0.317 e. The number of likely N-dealkylation sites (tertiary alicyclic amines) is 1. The van der Waals surface area contributed by atoms with Gasteiger partial charge in [-0.2, -0.15) is 4.31 Å². The van der Waals surface area contributed by atoms with Gasteiger partial charge in [-0.3, -0.25) is 0 Å². The van der Waals surface area contributed by atoms with E-state index in [1.54, 1.807) is 4.31 Å². The Kier molecular flexibility index (Phi) is 6.22. The molecule has 0 unspecified atom stereocenters. The standard InChI is InChI=1S/C17H31N3O4S/c1-25(22,23)20(14-5-2-6-14)15-7-3-10-19(11-9-15)17(21)18-13-16-8-4-12-24-16/h14-16H,2-13H2,1H3,(H,18,21)/t15-,16-/m0/s1. The molecule has 3 fully saturated rings. The van der Waals surface area contributed by atoms with Crippen molar-refractivity contribution in [3.63, 3.8) is 0 Å². The number of nitrogens with zero attached hydrogens (tertiary/aromatic N) is 2. The average Bonchev–Trinajstić information content (AvgIpc) is 2.91. The van der Waals surface area contributed by atoms with E-state index in [9.17, 15) is 13.2 Å². The quantitative estimate of drug-likeness (QED) is 0.793. The van der Waals surface area contributed by atoms with Gasteiger partial charge < -0.3 is 15.0 Å². The molecule has 2 atom stereocenters. The van der Waals surface area contributed by atoms with Crippen LogP contribution in [0.25, 0.3) is 0 Å². The Hall–Kier alpha value is -0.860. The van der Waals surface area contributed by atoms with Crippen molar-refractivity contribution in [1.82, 2.24) is 14.5 Å². The summed E-state index contributed by atoms with van der Waals surface area (Å²) < 4.78 is 31.8. The Bertz CT molecular complexity index is 558. The van der Waals surface area contributed by atoms with Gasteiger partial charge >= 0.3 is 6.03 Å². The topological polar surface area (TPSA) is 79.0 Å². The van der Waals surface area contributed by atoms with Crippen molar-refractivity contribution in [3.05, 3.63) is 0 Å². The number of hydrogen-bond donors (Lipinski definition) is 1. The summed E-state index contributed by atoms with van der Waals surface area (Å²) in [7, 11) is -3.20. The van der Waals surface area contributed by atoms with E-state index in [2.05, 4.69) is 5.32 Å². The summed E-state index contributed by atoms with van der Waals surface area (Å²) in [5.74, 6) is 0. The molecule has 3 aliphatic rings. The van der Waals surface area contributed by atoms with E-state index in [0.29, 0.717) is 19.6 Å². The zero-order chi connectivity index (χ0) is 17.9. The van der Waals surface area contributed by atoms with Crippen LogP contribution in [0.2, 0.25) is 0 Å². The Morgan fingerprint density at radius 2 is 1.80 bits per heavy atom. The summed E-state index contributed by atoms with van der Waals surface area (Å²) in [6.07, 6.45) is 8.98. The van der Waals surface area contributed by atoms with Crippen molar-refractivity contribution in [2.24, 2.45) is 0 Å². The van der Waals surface area contributed by atoms with Gasteiger partial charge in [-0.25, -0.2) is 13.2 Å². The Labute approximate surface area is 151 Å². The molecule has 2 aliphatic heterocycles. The van der Waals surface area contributed by atoms with Crippen molar-refractivity contribution in [2.75, 3.05) is 32.5 Å². The maximum absolute atomic E-state index is 12.4. The molecule has 0 aromatic rings. The van der Waals surface area contributed by atoms with E-state index in [1.165, 1.54) is 6.26 Å². The molecule has 1 N–H and O–H groups in total. The molecule has 0 spiro atoms. The first kappa shape index (κ1) is 18.9. The molecule has 8 heteroatoms. The molecule has 1 saturated carbocycles. The lowest BCUT2D eigenvalue weighted by atomic mass is 9.91. The SMILES string of the molecule is CS(=O)(=O)N(C1CCC1)[C@H]1CCCN(C(=O)NC[C@@H]2CCCO2)CC1. The second-order valence-corrected chi connectivity index (χ2v) is 9.46. The number of hydrogen-bond acceptors (Lipinski definition) is 4. The van der Waals surface area contributed by atoms with Gasteiger partial charge in [-0.05, 0) is 44.9 Å². The largest absolute Gasteiger partial charge is 0.376 e. The van der Waals surface area contributed by atoms with Gasteiger partial charge in [0.25, 0.3) is 0 Å². The van der Waals surface area contributed by atoms with Crippen molar-refractivity contribution in [1.29, 1.82) is 0 Å². The predicted molar refractivity (Wildman–Crippen MR) is 95.9 cm³/mol. The maximum Gasteiger partial charge on any atom is 0.317 e. The fourth-order valence-corrected chi connectivity index (χ4v) is 5.64. The lowest BCUT2D eigenvalue weighted by Crippen LogP contribution is -2.50. The van der Waals surface area contributed by atoms with Crippen LogP contribution in [0.5, 0.6) is 0 Å². The first-order valence-electron chi connectivity index (χ1n) is 9.58. The van der Waals surface area contributed by atoms with Crippen molar-refractivity contribution < 1.29 is 17.9 Å². The number of nitrogens with one attached hydrogen (secondary N) is 1. The third-order valence-corrected chi connectivity index (χ3v) is 7.03. The zero-order valence-electron chi connectivity index (χ0n) is 15.2. The zero-order valence-corrected chi connectivity index (χ0v) is 16.0. The molecule has 0 aromatic heterocycles. The molecule has 0 bridgehead atoms. The summed E-state index contributed by atoms with van der Waals surface area (Å²) in [6, 6.07) is 0.141. The monoisotopic (exact) mass is 373 g/mol. The molecular weight excluding hydrogens is 342 g/mol. The van der Waals surface area contributed by atoms with Crippen molar-refractivity contribution in [3.8, 4) is 0 Å². The normalized spacial score (nSPS) is 28.6. The van der Waals surface area contributed by atoms with Crippen LogP contribution in [-0.2, 0) is 14.8 Å². The Balaban J connectivity index is 1.53. The molecular formula is C17H31N3O4S. The molecule has 144 valence electrons. The van der Waals surface area contributed by atoms with Gasteiger partial charge in [0.1, 0.15) is 0 Å². The van der Waals surface area contributed by atoms with Crippen LogP contribution in [0.15, 0.2) is 0 Å². The maximum atomic E-state index is 12.4. The van der Waals surface area contributed by atoms with Crippen molar-refractivity contribution >= 4 is 16.1 Å². The van der Waals surface area contributed by atoms with Crippen molar-refractivity contribution in [2.45, 2.75) is 69.6 Å². The number of carbonyl (C=O) groups is 1. The lowest BCUT2D eigenvalue weighted by Gasteiger charge is -2.40. The number of urea groups is 1. The highest BCUT2D eigenvalue weighted by molar-refractivity contribution is 7.88. The summed E-state index contributed by atoms with van der Waals surface area (Å²) in [4.78, 5) is 14.2. The highest BCUT2D eigenvalue weighted by atomic mass is 32.2. The predicted octanol–water partition coefficient (Wildman–Crippen LogP) is 1.54. The number of ether oxygens (including phenoxy) is 1. The average molecular weight is 374 g/mol. The van der Waals surface area contributed by atoms with Crippen LogP contribution in [0.1, 0.15) is 51.4 Å². The number of sulfonamides is 1. The van der Waals surface area contributed by atoms with Gasteiger partial charge in [0, 0.05) is 38.3 Å². The van der Waals surface area contributed by atoms with Gasteiger partial charge in [-0.15, -0.1) is 0 Å². The summed E-state index contributed by atoms with van der Waals surface area (Å²) >= 11 is 0. The molecule has 7 nitrogen and oxygen atoms in total. The number of carbonyl (C=O) groups excluding carboxylic acids is 1. The van der Waals surface area contributed by atoms with Crippen LogP contribution in [-0.4, -0.2) is 74.3 Å². The summed E-state index contributed by atoms with van der Waals surface area (Å²) in [5.41, 5.74) is 0. The Morgan fingerprint density at radius 3 is 2.40 bits per heavy atom. The van der Waals surface area contributed by atoms with Crippen LogP contribution in [0.3, 0.4) is 0 Å². The minimum Gasteiger partial charge on any atom is -0.376 e. The van der Waals surface area contributed by atoms with E-state index in [4.69, 9.17) is 4.74 Å².